The van der Waals surface area contributed by atoms with Gasteiger partial charge in [-0.3, -0.25) is 10.1 Å². The second-order valence-corrected chi connectivity index (χ2v) is 7.90. The molecule has 0 aliphatic carbocycles. The monoisotopic (exact) mass is 406 g/mol. The Morgan fingerprint density at radius 2 is 1.93 bits per heavy atom. The van der Waals surface area contributed by atoms with Gasteiger partial charge in [0, 0.05) is 30.2 Å². The molecule has 3 rings (SSSR count). The first-order chi connectivity index (χ1) is 12.8. The largest absolute Gasteiger partial charge is 0.306 e. The van der Waals surface area contributed by atoms with E-state index in [2.05, 4.69) is 9.71 Å². The number of nitrogens with zero attached hydrogens (tertiary/aromatic N) is 3. The third kappa shape index (κ3) is 4.16. The van der Waals surface area contributed by atoms with Crippen molar-refractivity contribution < 1.29 is 13.3 Å². The lowest BCUT2D eigenvalue weighted by atomic mass is 10.1. The highest BCUT2D eigenvalue weighted by Crippen LogP contribution is 2.28. The number of halogens is 1. The molecule has 0 saturated heterocycles. The lowest BCUT2D eigenvalue weighted by molar-refractivity contribution is -0.384. The van der Waals surface area contributed by atoms with Crippen LogP contribution in [0.3, 0.4) is 0 Å². The van der Waals surface area contributed by atoms with Crippen LogP contribution in [-0.2, 0) is 10.0 Å². The summed E-state index contributed by atoms with van der Waals surface area (Å²) in [5.74, 6) is 0. The molecule has 1 atom stereocenters. The lowest BCUT2D eigenvalue weighted by Crippen LogP contribution is -2.27. The van der Waals surface area contributed by atoms with Gasteiger partial charge in [0.05, 0.1) is 16.1 Å². The molecule has 0 fully saturated rings. The van der Waals surface area contributed by atoms with Crippen molar-refractivity contribution in [3.63, 3.8) is 0 Å². The smallest absolute Gasteiger partial charge is 0.289 e. The van der Waals surface area contributed by atoms with Crippen LogP contribution in [0.25, 0.3) is 5.69 Å². The molecule has 1 aromatic heterocycles. The molecule has 0 aliphatic rings. The summed E-state index contributed by atoms with van der Waals surface area (Å²) in [5, 5.41) is 10.9. The van der Waals surface area contributed by atoms with Crippen LogP contribution in [0, 0.1) is 10.1 Å². The first kappa shape index (κ1) is 19.0. The fourth-order valence-corrected chi connectivity index (χ4v) is 3.95. The SMILES string of the molecule is C[C@H](NS(=O)(=O)c1ccc(Cl)c([N+](=O)[O-])c1)c1ccc(-n2ccnc2)cc1. The average molecular weight is 407 g/mol. The molecule has 0 bridgehead atoms. The van der Waals surface area contributed by atoms with Crippen molar-refractivity contribution >= 4 is 27.3 Å². The molecule has 0 amide bonds. The molecule has 8 nitrogen and oxygen atoms in total. The Labute approximate surface area is 160 Å². The van der Waals surface area contributed by atoms with E-state index in [0.29, 0.717) is 0 Å². The molecule has 0 saturated carbocycles. The fourth-order valence-electron chi connectivity index (χ4n) is 2.52. The summed E-state index contributed by atoms with van der Waals surface area (Å²) in [7, 11) is -3.96. The molecule has 0 aliphatic heterocycles. The van der Waals surface area contributed by atoms with Crippen LogP contribution >= 0.6 is 11.6 Å². The summed E-state index contributed by atoms with van der Waals surface area (Å²) < 4.78 is 29.5. The Balaban J connectivity index is 1.81. The minimum Gasteiger partial charge on any atom is -0.306 e. The topological polar surface area (TPSA) is 107 Å². The van der Waals surface area contributed by atoms with Gasteiger partial charge in [0.1, 0.15) is 5.02 Å². The van der Waals surface area contributed by atoms with Crippen LogP contribution in [0.15, 0.2) is 66.1 Å². The molecule has 140 valence electrons. The Kier molecular flexibility index (Phi) is 5.26. The molecule has 27 heavy (non-hydrogen) atoms. The maximum Gasteiger partial charge on any atom is 0.289 e. The molecule has 2 aromatic carbocycles. The van der Waals surface area contributed by atoms with E-state index in [0.717, 1.165) is 17.3 Å². The second kappa shape index (κ2) is 7.47. The van der Waals surface area contributed by atoms with Crippen LogP contribution in [0.4, 0.5) is 5.69 Å². The van der Waals surface area contributed by atoms with E-state index in [-0.39, 0.29) is 9.92 Å². The molecule has 0 unspecified atom stereocenters. The van der Waals surface area contributed by atoms with Crippen LogP contribution in [0.1, 0.15) is 18.5 Å². The zero-order valence-corrected chi connectivity index (χ0v) is 15.7. The van der Waals surface area contributed by atoms with Crippen LogP contribution < -0.4 is 4.72 Å². The highest BCUT2D eigenvalue weighted by Gasteiger charge is 2.22. The number of sulfonamides is 1. The van der Waals surface area contributed by atoms with E-state index in [1.54, 1.807) is 37.8 Å². The maximum atomic E-state index is 12.6. The second-order valence-electron chi connectivity index (χ2n) is 5.77. The molecule has 0 radical (unpaired) electrons. The van der Waals surface area contributed by atoms with Gasteiger partial charge in [-0.05, 0) is 36.8 Å². The molecular weight excluding hydrogens is 392 g/mol. The molecule has 3 aromatic rings. The van der Waals surface area contributed by atoms with Crippen molar-refractivity contribution in [2.24, 2.45) is 0 Å². The third-order valence-electron chi connectivity index (χ3n) is 3.95. The molecule has 0 spiro atoms. The fraction of sp³-hybridized carbons (Fsp3) is 0.118. The van der Waals surface area contributed by atoms with E-state index in [4.69, 9.17) is 11.6 Å². The number of rotatable bonds is 6. The Bertz CT molecular complexity index is 1070. The van der Waals surface area contributed by atoms with Crippen molar-refractivity contribution in [1.29, 1.82) is 0 Å². The third-order valence-corrected chi connectivity index (χ3v) is 5.81. The lowest BCUT2D eigenvalue weighted by Gasteiger charge is -2.15. The summed E-state index contributed by atoms with van der Waals surface area (Å²) in [6.45, 7) is 1.69. The Hall–Kier alpha value is -2.75. The highest BCUT2D eigenvalue weighted by atomic mass is 35.5. The van der Waals surface area contributed by atoms with E-state index >= 15 is 0 Å². The van der Waals surface area contributed by atoms with Gasteiger partial charge >= 0.3 is 0 Å². The number of imidazole rings is 1. The van der Waals surface area contributed by atoms with Crippen molar-refractivity contribution in [2.45, 2.75) is 17.9 Å². The summed E-state index contributed by atoms with van der Waals surface area (Å²) in [4.78, 5) is 14.0. The molecule has 1 N–H and O–H groups in total. The van der Waals surface area contributed by atoms with E-state index < -0.39 is 26.7 Å². The minimum atomic E-state index is -3.96. The summed E-state index contributed by atoms with van der Waals surface area (Å²) >= 11 is 5.74. The van der Waals surface area contributed by atoms with Gasteiger partial charge in [0.15, 0.2) is 0 Å². The van der Waals surface area contributed by atoms with Crippen LogP contribution in [0.2, 0.25) is 5.02 Å². The predicted molar refractivity (Wildman–Crippen MR) is 100 cm³/mol. The highest BCUT2D eigenvalue weighted by molar-refractivity contribution is 7.89. The number of hydrogen-bond acceptors (Lipinski definition) is 5. The minimum absolute atomic E-state index is 0.123. The Morgan fingerprint density at radius 1 is 1.22 bits per heavy atom. The van der Waals surface area contributed by atoms with Crippen LogP contribution in [-0.4, -0.2) is 22.9 Å². The predicted octanol–water partition coefficient (Wildman–Crippen LogP) is 3.47. The Morgan fingerprint density at radius 3 is 2.52 bits per heavy atom. The van der Waals surface area contributed by atoms with Gasteiger partial charge in [0.2, 0.25) is 10.0 Å². The van der Waals surface area contributed by atoms with Crippen LogP contribution in [0.5, 0.6) is 0 Å². The number of hydrogen-bond donors (Lipinski definition) is 1. The normalized spacial score (nSPS) is 12.7. The summed E-state index contributed by atoms with van der Waals surface area (Å²) in [5.41, 5.74) is 1.17. The summed E-state index contributed by atoms with van der Waals surface area (Å²) in [6, 6.07) is 10.1. The molecular formula is C17H15ClN4O4S. The van der Waals surface area contributed by atoms with Gasteiger partial charge < -0.3 is 4.57 Å². The number of nitro groups is 1. The number of nitrogens with one attached hydrogen (secondary N) is 1. The zero-order valence-electron chi connectivity index (χ0n) is 14.1. The van der Waals surface area contributed by atoms with E-state index in [1.165, 1.54) is 12.1 Å². The van der Waals surface area contributed by atoms with Crippen molar-refractivity contribution in [3.8, 4) is 5.69 Å². The number of nitro benzene ring substituents is 1. The molecule has 10 heteroatoms. The zero-order chi connectivity index (χ0) is 19.6. The van der Waals surface area contributed by atoms with Gasteiger partial charge in [-0.15, -0.1) is 0 Å². The average Bonchev–Trinajstić information content (AvgIpc) is 3.16. The summed E-state index contributed by atoms with van der Waals surface area (Å²) in [6.07, 6.45) is 5.12. The van der Waals surface area contributed by atoms with Crippen molar-refractivity contribution in [2.75, 3.05) is 0 Å². The van der Waals surface area contributed by atoms with Crippen molar-refractivity contribution in [1.82, 2.24) is 14.3 Å². The van der Waals surface area contributed by atoms with Gasteiger partial charge in [-0.25, -0.2) is 18.1 Å². The maximum absolute atomic E-state index is 12.6. The quantitative estimate of drug-likeness (QED) is 0.498. The number of aromatic nitrogens is 2. The first-order valence-electron chi connectivity index (χ1n) is 7.82. The first-order valence-corrected chi connectivity index (χ1v) is 9.68. The van der Waals surface area contributed by atoms with Gasteiger partial charge in [-0.1, -0.05) is 23.7 Å². The van der Waals surface area contributed by atoms with E-state index in [1.807, 2.05) is 16.7 Å². The van der Waals surface area contributed by atoms with Gasteiger partial charge in [0.25, 0.3) is 5.69 Å². The van der Waals surface area contributed by atoms with Gasteiger partial charge in [-0.2, -0.15) is 0 Å². The van der Waals surface area contributed by atoms with E-state index in [9.17, 15) is 18.5 Å². The molecule has 1 heterocycles. The van der Waals surface area contributed by atoms with Crippen molar-refractivity contribution in [3.05, 3.63) is 81.9 Å². The number of benzene rings is 2. The standard InChI is InChI=1S/C17H15ClN4O4S/c1-12(13-2-4-14(5-3-13)21-9-8-19-11-21)20-27(25,26)15-6-7-16(18)17(10-15)22(23)24/h2-12,20H,1H3/t12-/m0/s1.